The number of carbonyl (C=O) groups excluding carboxylic acids is 1. The molecule has 0 aliphatic carbocycles. The van der Waals surface area contributed by atoms with E-state index in [0.29, 0.717) is 31.2 Å². The fourth-order valence-corrected chi connectivity index (χ4v) is 3.75. The first-order valence-electron chi connectivity index (χ1n) is 8.97. The van der Waals surface area contributed by atoms with Crippen molar-refractivity contribution in [2.45, 2.75) is 20.0 Å². The Morgan fingerprint density at radius 1 is 1.29 bits per heavy atom. The maximum absolute atomic E-state index is 12.8. The Hall–Kier alpha value is -2.97. The predicted molar refractivity (Wildman–Crippen MR) is 109 cm³/mol. The Morgan fingerprint density at radius 3 is 2.96 bits per heavy atom. The van der Waals surface area contributed by atoms with Crippen LogP contribution in [0.2, 0.25) is 0 Å². The molecule has 0 radical (unpaired) electrons. The summed E-state index contributed by atoms with van der Waals surface area (Å²) in [6.45, 7) is 3.75. The number of rotatable bonds is 7. The van der Waals surface area contributed by atoms with Gasteiger partial charge in [0.2, 0.25) is 0 Å². The smallest absolute Gasteiger partial charge is 0.272 e. The number of nitrogens with one attached hydrogen (secondary N) is 1. The van der Waals surface area contributed by atoms with Gasteiger partial charge in [0.05, 0.1) is 12.1 Å². The van der Waals surface area contributed by atoms with Crippen LogP contribution >= 0.6 is 11.3 Å². The van der Waals surface area contributed by atoms with Crippen LogP contribution in [0.1, 0.15) is 21.9 Å². The molecule has 0 spiro atoms. The van der Waals surface area contributed by atoms with Gasteiger partial charge in [-0.25, -0.2) is 9.97 Å². The highest BCUT2D eigenvalue weighted by Gasteiger charge is 2.20. The zero-order valence-electron chi connectivity index (χ0n) is 15.8. The van der Waals surface area contributed by atoms with Gasteiger partial charge in [0.1, 0.15) is 11.5 Å². The second-order valence-electron chi connectivity index (χ2n) is 6.41. The zero-order valence-corrected chi connectivity index (χ0v) is 16.6. The van der Waals surface area contributed by atoms with E-state index in [9.17, 15) is 4.79 Å². The molecule has 7 nitrogen and oxygen atoms in total. The van der Waals surface area contributed by atoms with Crippen LogP contribution in [0.4, 0.5) is 0 Å². The molecule has 0 aliphatic rings. The van der Waals surface area contributed by atoms with Crippen molar-refractivity contribution < 1.29 is 9.53 Å². The van der Waals surface area contributed by atoms with Crippen molar-refractivity contribution >= 4 is 22.8 Å². The SMILES string of the molecule is COCCn1cc(-c2nc(C(=O)NCc3ccsc3)c3ccccn23)nc1C. The van der Waals surface area contributed by atoms with Crippen molar-refractivity contribution in [3.63, 3.8) is 0 Å². The van der Waals surface area contributed by atoms with Crippen LogP contribution in [0.25, 0.3) is 17.0 Å². The molecule has 0 aromatic carbocycles. The second-order valence-corrected chi connectivity index (χ2v) is 7.19. The summed E-state index contributed by atoms with van der Waals surface area (Å²) in [7, 11) is 1.68. The highest BCUT2D eigenvalue weighted by Crippen LogP contribution is 2.22. The van der Waals surface area contributed by atoms with E-state index in [1.54, 1.807) is 18.4 Å². The van der Waals surface area contributed by atoms with E-state index < -0.39 is 0 Å². The summed E-state index contributed by atoms with van der Waals surface area (Å²) < 4.78 is 9.09. The molecule has 0 saturated carbocycles. The summed E-state index contributed by atoms with van der Waals surface area (Å²) in [5, 5.41) is 6.97. The Balaban J connectivity index is 1.67. The van der Waals surface area contributed by atoms with Gasteiger partial charge in [0.15, 0.2) is 11.5 Å². The molecule has 0 bridgehead atoms. The van der Waals surface area contributed by atoms with Gasteiger partial charge >= 0.3 is 0 Å². The van der Waals surface area contributed by atoms with Crippen molar-refractivity contribution in [3.05, 3.63) is 64.5 Å². The van der Waals surface area contributed by atoms with E-state index in [-0.39, 0.29) is 5.91 Å². The summed E-state index contributed by atoms with van der Waals surface area (Å²) in [5.41, 5.74) is 2.96. The van der Waals surface area contributed by atoms with Gasteiger partial charge in [0, 0.05) is 32.6 Å². The third kappa shape index (κ3) is 3.56. The number of pyridine rings is 1. The molecule has 1 amide bonds. The predicted octanol–water partition coefficient (Wildman–Crippen LogP) is 3.14. The Labute approximate surface area is 166 Å². The van der Waals surface area contributed by atoms with E-state index in [1.807, 2.05) is 63.3 Å². The van der Waals surface area contributed by atoms with Crippen LogP contribution in [-0.2, 0) is 17.8 Å². The van der Waals surface area contributed by atoms with Crippen LogP contribution in [-0.4, -0.2) is 38.6 Å². The summed E-state index contributed by atoms with van der Waals surface area (Å²) in [6.07, 6.45) is 3.85. The van der Waals surface area contributed by atoms with Crippen LogP contribution < -0.4 is 5.32 Å². The molecular formula is C20H21N5O2S. The van der Waals surface area contributed by atoms with Gasteiger partial charge < -0.3 is 14.6 Å². The third-order valence-electron chi connectivity index (χ3n) is 4.54. The molecule has 0 saturated heterocycles. The molecule has 28 heavy (non-hydrogen) atoms. The Bertz CT molecular complexity index is 1100. The number of aryl methyl sites for hydroxylation is 1. The number of hydrogen-bond acceptors (Lipinski definition) is 5. The maximum atomic E-state index is 12.8. The molecule has 0 aliphatic heterocycles. The van der Waals surface area contributed by atoms with Gasteiger partial charge in [0.25, 0.3) is 5.91 Å². The average Bonchev–Trinajstić information content (AvgIpc) is 3.43. The number of methoxy groups -OCH3 is 1. The normalized spacial score (nSPS) is 11.2. The highest BCUT2D eigenvalue weighted by molar-refractivity contribution is 7.07. The molecule has 4 heterocycles. The first-order valence-corrected chi connectivity index (χ1v) is 9.91. The minimum Gasteiger partial charge on any atom is -0.383 e. The second kappa shape index (κ2) is 7.95. The largest absolute Gasteiger partial charge is 0.383 e. The number of aromatic nitrogens is 4. The van der Waals surface area contributed by atoms with E-state index in [2.05, 4.69) is 15.3 Å². The van der Waals surface area contributed by atoms with Gasteiger partial charge in [-0.3, -0.25) is 9.20 Å². The van der Waals surface area contributed by atoms with Crippen molar-refractivity contribution in [3.8, 4) is 11.5 Å². The molecular weight excluding hydrogens is 374 g/mol. The monoisotopic (exact) mass is 395 g/mol. The lowest BCUT2D eigenvalue weighted by Crippen LogP contribution is -2.23. The zero-order chi connectivity index (χ0) is 19.5. The van der Waals surface area contributed by atoms with Crippen molar-refractivity contribution in [1.29, 1.82) is 0 Å². The molecule has 0 fully saturated rings. The summed E-state index contributed by atoms with van der Waals surface area (Å²) in [5.74, 6) is 1.33. The van der Waals surface area contributed by atoms with Crippen molar-refractivity contribution in [1.82, 2.24) is 24.3 Å². The van der Waals surface area contributed by atoms with Crippen LogP contribution in [0.15, 0.2) is 47.4 Å². The molecule has 144 valence electrons. The molecule has 4 aromatic rings. The van der Waals surface area contributed by atoms with Crippen LogP contribution in [0, 0.1) is 6.92 Å². The van der Waals surface area contributed by atoms with Crippen molar-refractivity contribution in [2.75, 3.05) is 13.7 Å². The van der Waals surface area contributed by atoms with Gasteiger partial charge in [-0.15, -0.1) is 0 Å². The molecule has 0 atom stereocenters. The quantitative estimate of drug-likeness (QED) is 0.522. The first-order chi connectivity index (χ1) is 13.7. The number of nitrogens with zero attached hydrogens (tertiary/aromatic N) is 4. The topological polar surface area (TPSA) is 73.5 Å². The standard InChI is InChI=1S/C20H21N5O2S/c1-14-22-16(12-24(14)8-9-27-2)19-23-18(17-5-3-4-7-25(17)19)20(26)21-11-15-6-10-28-13-15/h3-7,10,12-13H,8-9,11H2,1-2H3,(H,21,26). The van der Waals surface area contributed by atoms with E-state index >= 15 is 0 Å². The fraction of sp³-hybridized carbons (Fsp3) is 0.250. The lowest BCUT2D eigenvalue weighted by Gasteiger charge is -2.02. The Morgan fingerprint density at radius 2 is 2.18 bits per heavy atom. The van der Waals surface area contributed by atoms with Crippen molar-refractivity contribution in [2.24, 2.45) is 0 Å². The number of imidazole rings is 2. The van der Waals surface area contributed by atoms with Crippen LogP contribution in [0.5, 0.6) is 0 Å². The number of thiophene rings is 1. The van der Waals surface area contributed by atoms with Crippen LogP contribution in [0.3, 0.4) is 0 Å². The number of hydrogen-bond donors (Lipinski definition) is 1. The number of ether oxygens (including phenoxy) is 1. The number of fused-ring (bicyclic) bond motifs is 1. The van der Waals surface area contributed by atoms with Gasteiger partial charge in [-0.2, -0.15) is 11.3 Å². The average molecular weight is 395 g/mol. The molecule has 1 N–H and O–H groups in total. The lowest BCUT2D eigenvalue weighted by atomic mass is 10.3. The molecule has 4 rings (SSSR count). The molecule has 8 heteroatoms. The minimum absolute atomic E-state index is 0.198. The van der Waals surface area contributed by atoms with Gasteiger partial charge in [-0.05, 0) is 41.4 Å². The number of carbonyl (C=O) groups is 1. The van der Waals surface area contributed by atoms with E-state index in [4.69, 9.17) is 4.74 Å². The van der Waals surface area contributed by atoms with E-state index in [1.165, 1.54) is 0 Å². The molecule has 4 aromatic heterocycles. The van der Waals surface area contributed by atoms with E-state index in [0.717, 1.165) is 22.6 Å². The Kier molecular flexibility index (Phi) is 5.23. The van der Waals surface area contributed by atoms with Gasteiger partial charge in [-0.1, -0.05) is 6.07 Å². The fourth-order valence-electron chi connectivity index (χ4n) is 3.08. The lowest BCUT2D eigenvalue weighted by molar-refractivity contribution is 0.0948. The third-order valence-corrected chi connectivity index (χ3v) is 5.27. The maximum Gasteiger partial charge on any atom is 0.272 e. The summed E-state index contributed by atoms with van der Waals surface area (Å²) in [4.78, 5) is 22.1. The minimum atomic E-state index is -0.198. The summed E-state index contributed by atoms with van der Waals surface area (Å²) >= 11 is 1.61. The number of amides is 1. The highest BCUT2D eigenvalue weighted by atomic mass is 32.1. The first kappa shape index (κ1) is 18.4. The molecule has 0 unspecified atom stereocenters. The summed E-state index contributed by atoms with van der Waals surface area (Å²) in [6, 6.07) is 7.71.